The van der Waals surface area contributed by atoms with Gasteiger partial charge in [-0.3, -0.25) is 4.79 Å². The van der Waals surface area contributed by atoms with Gasteiger partial charge in [-0.1, -0.05) is 12.2 Å². The average Bonchev–Trinajstić information content (AvgIpc) is 1.82. The lowest BCUT2D eigenvalue weighted by Crippen LogP contribution is -1.78. The van der Waals surface area contributed by atoms with Crippen LogP contribution in [0.4, 0.5) is 0 Å². The van der Waals surface area contributed by atoms with Crippen LogP contribution >= 0.6 is 0 Å². The van der Waals surface area contributed by atoms with Crippen LogP contribution in [0.15, 0.2) is 12.2 Å². The molecule has 0 spiro atoms. The van der Waals surface area contributed by atoms with Gasteiger partial charge in [-0.2, -0.15) is 0 Å². The molecule has 0 aliphatic heterocycles. The van der Waals surface area contributed by atoms with Crippen molar-refractivity contribution in [1.82, 2.24) is 0 Å². The molecule has 0 aromatic rings. The number of carboxylic acid groups (broad SMARTS) is 1. The molecule has 4 nitrogen and oxygen atoms in total. The van der Waals surface area contributed by atoms with Gasteiger partial charge in [0.2, 0.25) is 0 Å². The van der Waals surface area contributed by atoms with Crippen LogP contribution in [0.5, 0.6) is 0 Å². The fourth-order valence-electron chi connectivity index (χ4n) is 0.149. The van der Waals surface area contributed by atoms with E-state index in [4.69, 9.17) is 20.1 Å². The van der Waals surface area contributed by atoms with Gasteiger partial charge in [0.1, 0.15) is 0 Å². The highest BCUT2D eigenvalue weighted by atomic mass is 16.4. The third-order valence-corrected chi connectivity index (χ3v) is 0.377. The summed E-state index contributed by atoms with van der Waals surface area (Å²) >= 11 is 0. The zero-order chi connectivity index (χ0) is 8.41. The number of hydrogen-bond donors (Lipinski definition) is 3. The molecular formula is C6H12O4. The first kappa shape index (κ1) is 11.9. The van der Waals surface area contributed by atoms with E-state index in [2.05, 4.69) is 0 Å². The van der Waals surface area contributed by atoms with Crippen LogP contribution in [0.2, 0.25) is 0 Å². The summed E-state index contributed by atoms with van der Waals surface area (Å²) in [4.78, 5) is 9.00. The van der Waals surface area contributed by atoms with Gasteiger partial charge in [-0.15, -0.1) is 0 Å². The van der Waals surface area contributed by atoms with Gasteiger partial charge in [0, 0.05) is 6.92 Å². The van der Waals surface area contributed by atoms with Gasteiger partial charge in [-0.05, 0) is 0 Å². The maximum absolute atomic E-state index is 9.00. The highest BCUT2D eigenvalue weighted by molar-refractivity contribution is 5.62. The Hall–Kier alpha value is -0.870. The minimum atomic E-state index is -0.833. The lowest BCUT2D eigenvalue weighted by Gasteiger charge is -1.73. The zero-order valence-corrected chi connectivity index (χ0v) is 5.82. The van der Waals surface area contributed by atoms with Crippen molar-refractivity contribution in [3.8, 4) is 0 Å². The van der Waals surface area contributed by atoms with E-state index in [-0.39, 0.29) is 13.2 Å². The predicted octanol–water partition coefficient (Wildman–Crippen LogP) is -0.382. The lowest BCUT2D eigenvalue weighted by atomic mass is 10.5. The molecule has 0 rings (SSSR count). The summed E-state index contributed by atoms with van der Waals surface area (Å²) in [7, 11) is 0. The maximum atomic E-state index is 9.00. The molecule has 0 unspecified atom stereocenters. The van der Waals surface area contributed by atoms with Crippen molar-refractivity contribution in [3.63, 3.8) is 0 Å². The van der Waals surface area contributed by atoms with Crippen LogP contribution < -0.4 is 0 Å². The Morgan fingerprint density at radius 3 is 1.60 bits per heavy atom. The molecule has 0 saturated carbocycles. The molecule has 3 N–H and O–H groups in total. The number of aliphatic hydroxyl groups is 2. The Kier molecular flexibility index (Phi) is 13.1. The van der Waals surface area contributed by atoms with Crippen LogP contribution in [-0.4, -0.2) is 34.5 Å². The van der Waals surface area contributed by atoms with Gasteiger partial charge in [0.25, 0.3) is 5.97 Å². The highest BCUT2D eigenvalue weighted by Gasteiger charge is 1.65. The number of carboxylic acids is 1. The van der Waals surface area contributed by atoms with Crippen molar-refractivity contribution in [2.45, 2.75) is 6.92 Å². The molecule has 60 valence electrons. The fraction of sp³-hybridized carbons (Fsp3) is 0.500. The van der Waals surface area contributed by atoms with Crippen LogP contribution in [0.1, 0.15) is 6.92 Å². The molecule has 0 aliphatic rings. The summed E-state index contributed by atoms with van der Waals surface area (Å²) in [5.41, 5.74) is 0. The average molecular weight is 148 g/mol. The third-order valence-electron chi connectivity index (χ3n) is 0.377. The van der Waals surface area contributed by atoms with E-state index in [9.17, 15) is 0 Å². The van der Waals surface area contributed by atoms with Crippen molar-refractivity contribution >= 4 is 5.97 Å². The van der Waals surface area contributed by atoms with Crippen molar-refractivity contribution in [1.29, 1.82) is 0 Å². The summed E-state index contributed by atoms with van der Waals surface area (Å²) in [6.07, 6.45) is 2.97. The van der Waals surface area contributed by atoms with Gasteiger partial charge in [-0.25, -0.2) is 0 Å². The molecule has 4 heteroatoms. The van der Waals surface area contributed by atoms with Crippen molar-refractivity contribution in [3.05, 3.63) is 12.2 Å². The normalized spacial score (nSPS) is 8.70. The van der Waals surface area contributed by atoms with Crippen LogP contribution in [0.25, 0.3) is 0 Å². The van der Waals surface area contributed by atoms with Crippen LogP contribution in [0, 0.1) is 0 Å². The molecule has 0 radical (unpaired) electrons. The van der Waals surface area contributed by atoms with Gasteiger partial charge < -0.3 is 15.3 Å². The van der Waals surface area contributed by atoms with Gasteiger partial charge in [0.15, 0.2) is 0 Å². The molecule has 10 heavy (non-hydrogen) atoms. The third kappa shape index (κ3) is 59.1. The number of aliphatic hydroxyl groups excluding tert-OH is 2. The SMILES string of the molecule is CC(=O)O.OCC=CCO. The Balaban J connectivity index is 0. The molecule has 0 saturated heterocycles. The van der Waals surface area contributed by atoms with E-state index < -0.39 is 5.97 Å². The first-order valence-electron chi connectivity index (χ1n) is 2.71. The van der Waals surface area contributed by atoms with E-state index in [0.29, 0.717) is 0 Å². The first-order chi connectivity index (χ1) is 4.65. The van der Waals surface area contributed by atoms with Crippen molar-refractivity contribution in [2.75, 3.05) is 13.2 Å². The summed E-state index contributed by atoms with van der Waals surface area (Å²) in [6, 6.07) is 0. The lowest BCUT2D eigenvalue weighted by molar-refractivity contribution is -0.134. The Labute approximate surface area is 59.4 Å². The molecule has 0 fully saturated rings. The predicted molar refractivity (Wildman–Crippen MR) is 36.6 cm³/mol. The van der Waals surface area contributed by atoms with Crippen LogP contribution in [-0.2, 0) is 4.79 Å². The molecule has 0 aromatic carbocycles. The molecular weight excluding hydrogens is 136 g/mol. The Morgan fingerprint density at radius 2 is 1.50 bits per heavy atom. The smallest absolute Gasteiger partial charge is 0.300 e. The minimum Gasteiger partial charge on any atom is -0.481 e. The number of carbonyl (C=O) groups is 1. The van der Waals surface area contributed by atoms with E-state index in [1.54, 1.807) is 0 Å². The van der Waals surface area contributed by atoms with Gasteiger partial charge >= 0.3 is 0 Å². The molecule has 0 bridgehead atoms. The second-order valence-corrected chi connectivity index (χ2v) is 1.36. The van der Waals surface area contributed by atoms with E-state index in [0.717, 1.165) is 6.92 Å². The van der Waals surface area contributed by atoms with Crippen LogP contribution in [0.3, 0.4) is 0 Å². The van der Waals surface area contributed by atoms with Crippen molar-refractivity contribution in [2.24, 2.45) is 0 Å². The summed E-state index contributed by atoms with van der Waals surface area (Å²) in [5, 5.41) is 23.4. The van der Waals surface area contributed by atoms with Crippen molar-refractivity contribution < 1.29 is 20.1 Å². The molecule has 0 amide bonds. The Morgan fingerprint density at radius 1 is 1.30 bits per heavy atom. The minimum absolute atomic E-state index is 0.0144. The first-order valence-corrected chi connectivity index (χ1v) is 2.71. The quantitative estimate of drug-likeness (QED) is 0.466. The van der Waals surface area contributed by atoms with Gasteiger partial charge in [0.05, 0.1) is 13.2 Å². The topological polar surface area (TPSA) is 77.8 Å². The summed E-state index contributed by atoms with van der Waals surface area (Å²) < 4.78 is 0. The standard InChI is InChI=1S/C4H8O2.C2H4O2/c5-3-1-2-4-6;1-2(3)4/h1-2,5-6H,3-4H2;1H3,(H,3,4). The number of hydrogen-bond acceptors (Lipinski definition) is 3. The molecule has 0 atom stereocenters. The fourth-order valence-corrected chi connectivity index (χ4v) is 0.149. The van der Waals surface area contributed by atoms with E-state index in [1.807, 2.05) is 0 Å². The molecule has 0 aromatic heterocycles. The highest BCUT2D eigenvalue weighted by Crippen LogP contribution is 1.63. The monoisotopic (exact) mass is 148 g/mol. The second-order valence-electron chi connectivity index (χ2n) is 1.36. The molecule has 0 heterocycles. The molecule has 0 aliphatic carbocycles. The van der Waals surface area contributed by atoms with E-state index in [1.165, 1.54) is 12.2 Å². The maximum Gasteiger partial charge on any atom is 0.300 e. The number of aliphatic carboxylic acids is 1. The second kappa shape index (κ2) is 11.0. The number of rotatable bonds is 2. The summed E-state index contributed by atoms with van der Waals surface area (Å²) in [5.74, 6) is -0.833. The Bertz CT molecular complexity index is 87.9. The zero-order valence-electron chi connectivity index (χ0n) is 5.82. The largest absolute Gasteiger partial charge is 0.481 e. The summed E-state index contributed by atoms with van der Waals surface area (Å²) in [6.45, 7) is 1.11. The van der Waals surface area contributed by atoms with E-state index >= 15 is 0 Å².